The predicted octanol–water partition coefficient (Wildman–Crippen LogP) is 3.02. The van der Waals surface area contributed by atoms with Gasteiger partial charge in [-0.1, -0.05) is 18.2 Å². The number of hydrogen-bond donors (Lipinski definition) is 1. The van der Waals surface area contributed by atoms with Crippen LogP contribution in [0.4, 0.5) is 8.78 Å². The molecule has 0 saturated heterocycles. The Hall–Kier alpha value is -1.62. The smallest absolute Gasteiger partial charge is 0.387 e. The van der Waals surface area contributed by atoms with Gasteiger partial charge in [0.25, 0.3) is 0 Å². The van der Waals surface area contributed by atoms with E-state index in [2.05, 4.69) is 4.74 Å². The number of ether oxygens (including phenoxy) is 2. The lowest BCUT2D eigenvalue weighted by atomic mass is 10.0. The number of alkyl halides is 2. The van der Waals surface area contributed by atoms with E-state index in [9.17, 15) is 13.9 Å². The van der Waals surface area contributed by atoms with Crippen molar-refractivity contribution in [2.24, 2.45) is 0 Å². The van der Waals surface area contributed by atoms with Gasteiger partial charge in [-0.15, -0.1) is 0 Å². The van der Waals surface area contributed by atoms with Crippen LogP contribution in [0.25, 0.3) is 0 Å². The maximum absolute atomic E-state index is 12.3. The Morgan fingerprint density at radius 1 is 1.28 bits per heavy atom. The van der Waals surface area contributed by atoms with Crippen LogP contribution in [0, 0.1) is 0 Å². The van der Waals surface area contributed by atoms with Crippen LogP contribution in [-0.4, -0.2) is 18.3 Å². The Morgan fingerprint density at radius 3 is 2.72 bits per heavy atom. The van der Waals surface area contributed by atoms with E-state index in [1.54, 1.807) is 24.3 Å². The van der Waals surface area contributed by atoms with E-state index >= 15 is 0 Å². The van der Waals surface area contributed by atoms with Gasteiger partial charge in [0.2, 0.25) is 0 Å². The fourth-order valence-corrected chi connectivity index (χ4v) is 1.83. The van der Waals surface area contributed by atoms with Crippen LogP contribution in [0.3, 0.4) is 0 Å². The first-order valence-electron chi connectivity index (χ1n) is 5.73. The molecule has 0 amide bonds. The normalized spacial score (nSPS) is 17.0. The molecule has 1 heterocycles. The summed E-state index contributed by atoms with van der Waals surface area (Å²) in [7, 11) is 0. The Morgan fingerprint density at radius 2 is 2.06 bits per heavy atom. The molecule has 1 aliphatic rings. The number of rotatable bonds is 4. The largest absolute Gasteiger partial charge is 0.495 e. The van der Waals surface area contributed by atoms with E-state index in [1.165, 1.54) is 6.07 Å². The standard InChI is InChI=1S/C13H14F2O3/c14-13(15)18-10-6-2-1-5-9(10)12(16)11-7-3-4-8-17-11/h1-2,5-7,12-13,16H,3-4,8H2. The number of allylic oxidation sites excluding steroid dienone is 1. The zero-order chi connectivity index (χ0) is 13.0. The van der Waals surface area contributed by atoms with E-state index < -0.39 is 12.7 Å². The second-order valence-corrected chi connectivity index (χ2v) is 3.92. The van der Waals surface area contributed by atoms with Crippen molar-refractivity contribution in [2.45, 2.75) is 25.6 Å². The Bertz CT molecular complexity index is 432. The highest BCUT2D eigenvalue weighted by molar-refractivity contribution is 5.38. The fraction of sp³-hybridized carbons (Fsp3) is 0.385. The molecule has 1 atom stereocenters. The summed E-state index contributed by atoms with van der Waals surface area (Å²) in [4.78, 5) is 0. The molecule has 0 fully saturated rings. The number of aliphatic hydroxyl groups excluding tert-OH is 1. The highest BCUT2D eigenvalue weighted by Crippen LogP contribution is 2.32. The molecular weight excluding hydrogens is 242 g/mol. The lowest BCUT2D eigenvalue weighted by Gasteiger charge is -2.21. The fourth-order valence-electron chi connectivity index (χ4n) is 1.83. The zero-order valence-corrected chi connectivity index (χ0v) is 9.68. The summed E-state index contributed by atoms with van der Waals surface area (Å²) in [6.07, 6.45) is 2.41. The second-order valence-electron chi connectivity index (χ2n) is 3.92. The van der Waals surface area contributed by atoms with Crippen molar-refractivity contribution in [1.82, 2.24) is 0 Å². The van der Waals surface area contributed by atoms with Gasteiger partial charge in [-0.25, -0.2) is 0 Å². The van der Waals surface area contributed by atoms with Crippen LogP contribution >= 0.6 is 0 Å². The Labute approximate surface area is 104 Å². The third-order valence-corrected chi connectivity index (χ3v) is 2.66. The van der Waals surface area contributed by atoms with Crippen molar-refractivity contribution < 1.29 is 23.4 Å². The topological polar surface area (TPSA) is 38.7 Å². The Balaban J connectivity index is 2.23. The van der Waals surface area contributed by atoms with Gasteiger partial charge in [-0.05, 0) is 25.0 Å². The van der Waals surface area contributed by atoms with E-state index in [1.807, 2.05) is 0 Å². The number of aliphatic hydroxyl groups is 1. The molecule has 98 valence electrons. The van der Waals surface area contributed by atoms with Crippen LogP contribution in [-0.2, 0) is 4.74 Å². The summed E-state index contributed by atoms with van der Waals surface area (Å²) in [6.45, 7) is -2.39. The molecule has 0 spiro atoms. The first-order valence-corrected chi connectivity index (χ1v) is 5.73. The van der Waals surface area contributed by atoms with Crippen molar-refractivity contribution in [3.05, 3.63) is 41.7 Å². The average molecular weight is 256 g/mol. The third kappa shape index (κ3) is 2.98. The molecule has 0 radical (unpaired) electrons. The number of para-hydroxylation sites is 1. The van der Waals surface area contributed by atoms with Gasteiger partial charge >= 0.3 is 6.61 Å². The number of halogens is 2. The van der Waals surface area contributed by atoms with Gasteiger partial charge in [-0.2, -0.15) is 8.78 Å². The number of benzene rings is 1. The van der Waals surface area contributed by atoms with Crippen LogP contribution in [0.5, 0.6) is 5.75 Å². The molecule has 1 aliphatic heterocycles. The van der Waals surface area contributed by atoms with Crippen LogP contribution in [0.15, 0.2) is 36.1 Å². The van der Waals surface area contributed by atoms with Gasteiger partial charge in [-0.3, -0.25) is 0 Å². The molecule has 1 aromatic carbocycles. The maximum Gasteiger partial charge on any atom is 0.387 e. The molecule has 18 heavy (non-hydrogen) atoms. The molecular formula is C13H14F2O3. The van der Waals surface area contributed by atoms with Gasteiger partial charge in [0.15, 0.2) is 0 Å². The van der Waals surface area contributed by atoms with Crippen molar-refractivity contribution >= 4 is 0 Å². The molecule has 2 rings (SSSR count). The molecule has 0 aliphatic carbocycles. The summed E-state index contributed by atoms with van der Waals surface area (Å²) >= 11 is 0. The van der Waals surface area contributed by atoms with E-state index in [0.717, 1.165) is 12.8 Å². The van der Waals surface area contributed by atoms with Crippen molar-refractivity contribution in [2.75, 3.05) is 6.61 Å². The Kier molecular flexibility index (Phi) is 4.15. The predicted molar refractivity (Wildman–Crippen MR) is 61.3 cm³/mol. The van der Waals surface area contributed by atoms with Crippen molar-refractivity contribution in [3.8, 4) is 5.75 Å². The molecule has 1 N–H and O–H groups in total. The highest BCUT2D eigenvalue weighted by Gasteiger charge is 2.21. The first-order chi connectivity index (χ1) is 8.68. The third-order valence-electron chi connectivity index (χ3n) is 2.66. The lowest BCUT2D eigenvalue weighted by Crippen LogP contribution is -2.12. The maximum atomic E-state index is 12.3. The summed E-state index contributed by atoms with van der Waals surface area (Å²) in [6, 6.07) is 6.17. The quantitative estimate of drug-likeness (QED) is 0.900. The first kappa shape index (κ1) is 12.8. The number of hydrogen-bond acceptors (Lipinski definition) is 3. The van der Waals surface area contributed by atoms with Gasteiger partial charge < -0.3 is 14.6 Å². The van der Waals surface area contributed by atoms with Gasteiger partial charge in [0, 0.05) is 5.56 Å². The summed E-state index contributed by atoms with van der Waals surface area (Å²) in [5.41, 5.74) is 0.283. The van der Waals surface area contributed by atoms with E-state index in [-0.39, 0.29) is 11.3 Å². The zero-order valence-electron chi connectivity index (χ0n) is 9.68. The van der Waals surface area contributed by atoms with Crippen LogP contribution < -0.4 is 4.74 Å². The molecule has 3 nitrogen and oxygen atoms in total. The lowest BCUT2D eigenvalue weighted by molar-refractivity contribution is -0.0517. The van der Waals surface area contributed by atoms with Gasteiger partial charge in [0.1, 0.15) is 17.6 Å². The summed E-state index contributed by atoms with van der Waals surface area (Å²) in [5.74, 6) is 0.363. The minimum atomic E-state index is -2.92. The SMILES string of the molecule is OC(C1=CCCCO1)c1ccccc1OC(F)F. The minimum absolute atomic E-state index is 0.0323. The molecule has 0 bridgehead atoms. The molecule has 1 unspecified atom stereocenters. The van der Waals surface area contributed by atoms with E-state index in [4.69, 9.17) is 4.74 Å². The summed E-state index contributed by atoms with van der Waals surface area (Å²) < 4.78 is 34.2. The monoisotopic (exact) mass is 256 g/mol. The molecule has 5 heteroatoms. The van der Waals surface area contributed by atoms with Crippen LogP contribution in [0.1, 0.15) is 24.5 Å². The van der Waals surface area contributed by atoms with Crippen LogP contribution in [0.2, 0.25) is 0 Å². The summed E-state index contributed by atoms with van der Waals surface area (Å²) in [5, 5.41) is 10.1. The van der Waals surface area contributed by atoms with Gasteiger partial charge in [0.05, 0.1) is 6.61 Å². The molecule has 0 saturated carbocycles. The van der Waals surface area contributed by atoms with Crippen molar-refractivity contribution in [1.29, 1.82) is 0 Å². The molecule has 0 aromatic heterocycles. The minimum Gasteiger partial charge on any atom is -0.495 e. The second kappa shape index (κ2) is 5.82. The average Bonchev–Trinajstić information content (AvgIpc) is 2.39. The highest BCUT2D eigenvalue weighted by atomic mass is 19.3. The van der Waals surface area contributed by atoms with Crippen molar-refractivity contribution in [3.63, 3.8) is 0 Å². The van der Waals surface area contributed by atoms with E-state index in [0.29, 0.717) is 12.4 Å². The molecule has 1 aromatic rings.